The molecular formula is C25H41Br3N6O5. The smallest absolute Gasteiger partial charge is 0.326 e. The summed E-state index contributed by atoms with van der Waals surface area (Å²) in [6.07, 6.45) is 4.59. The number of nitrogens with two attached hydrogens (primary N) is 2. The van der Waals surface area contributed by atoms with E-state index in [1.807, 2.05) is 31.2 Å². The Morgan fingerprint density at radius 1 is 1.10 bits per heavy atom. The molecule has 0 aliphatic rings. The zero-order chi connectivity index (χ0) is 26.5. The first kappa shape index (κ1) is 39.1. The Hall–Kier alpha value is -2.00. The van der Waals surface area contributed by atoms with Crippen molar-refractivity contribution in [3.8, 4) is 5.75 Å². The van der Waals surface area contributed by atoms with Crippen molar-refractivity contribution in [2.45, 2.75) is 63.6 Å². The summed E-state index contributed by atoms with van der Waals surface area (Å²) < 4.78 is 5.38. The third-order valence-electron chi connectivity index (χ3n) is 5.76. The van der Waals surface area contributed by atoms with Crippen LogP contribution in [0.15, 0.2) is 30.5 Å². The van der Waals surface area contributed by atoms with Crippen molar-refractivity contribution >= 4 is 85.3 Å². The maximum Gasteiger partial charge on any atom is 0.326 e. The average Bonchev–Trinajstić information content (AvgIpc) is 2.86. The number of ether oxygens (including phenoxy) is 1. The van der Waals surface area contributed by atoms with Crippen LogP contribution in [0, 0.1) is 0 Å². The number of benzene rings is 1. The minimum Gasteiger partial charge on any atom is -0.497 e. The van der Waals surface area contributed by atoms with Gasteiger partial charge in [-0.2, -0.15) is 0 Å². The van der Waals surface area contributed by atoms with Crippen molar-refractivity contribution in [3.63, 3.8) is 0 Å². The Labute approximate surface area is 260 Å². The summed E-state index contributed by atoms with van der Waals surface area (Å²) in [5, 5.41) is 18.9. The zero-order valence-electron chi connectivity index (χ0n) is 22.2. The van der Waals surface area contributed by atoms with Gasteiger partial charge in [0.2, 0.25) is 11.8 Å². The van der Waals surface area contributed by atoms with E-state index in [0.717, 1.165) is 35.2 Å². The molecule has 1 heterocycles. The summed E-state index contributed by atoms with van der Waals surface area (Å²) in [4.78, 5) is 40.4. The molecule has 2 aromatic rings. The number of carboxylic acid groups (broad SMARTS) is 1. The molecule has 1 aromatic carbocycles. The molecule has 8 N–H and O–H groups in total. The quantitative estimate of drug-likeness (QED) is 0.141. The highest BCUT2D eigenvalue weighted by molar-refractivity contribution is 8.93. The zero-order valence-corrected chi connectivity index (χ0v) is 27.3. The molecule has 0 fully saturated rings. The fraction of sp³-hybridized carbons (Fsp3) is 0.520. The minimum atomic E-state index is -1.34. The van der Waals surface area contributed by atoms with Crippen LogP contribution in [0.3, 0.4) is 0 Å². The first-order chi connectivity index (χ1) is 17.2. The van der Waals surface area contributed by atoms with Gasteiger partial charge in [-0.3, -0.25) is 14.6 Å². The predicted octanol–water partition coefficient (Wildman–Crippen LogP) is 3.09. The molecule has 3 atom stereocenters. The van der Waals surface area contributed by atoms with Crippen molar-refractivity contribution in [3.05, 3.63) is 30.5 Å². The van der Waals surface area contributed by atoms with Gasteiger partial charge in [0.05, 0.1) is 30.8 Å². The summed E-state index contributed by atoms with van der Waals surface area (Å²) in [6, 6.07) is 5.58. The van der Waals surface area contributed by atoms with Crippen molar-refractivity contribution < 1.29 is 24.2 Å². The normalized spacial score (nSPS) is 12.4. The largest absolute Gasteiger partial charge is 0.497 e. The molecule has 11 nitrogen and oxygen atoms in total. The number of methoxy groups -OCH3 is 1. The number of nitrogens with zero attached hydrogens (tertiary/aromatic N) is 1. The van der Waals surface area contributed by atoms with E-state index >= 15 is 0 Å². The van der Waals surface area contributed by atoms with Gasteiger partial charge in [-0.1, -0.05) is 12.5 Å². The molecule has 0 radical (unpaired) electrons. The van der Waals surface area contributed by atoms with Crippen LogP contribution in [-0.4, -0.2) is 66.2 Å². The van der Waals surface area contributed by atoms with Crippen LogP contribution in [0.5, 0.6) is 5.75 Å². The summed E-state index contributed by atoms with van der Waals surface area (Å²) in [6.45, 7) is 2.90. The Bertz CT molecular complexity index is 1030. The number of pyridine rings is 1. The maximum absolute atomic E-state index is 12.3. The fourth-order valence-electron chi connectivity index (χ4n) is 3.74. The Morgan fingerprint density at radius 2 is 1.82 bits per heavy atom. The van der Waals surface area contributed by atoms with E-state index in [-0.39, 0.29) is 63.4 Å². The van der Waals surface area contributed by atoms with Crippen LogP contribution in [0.25, 0.3) is 10.9 Å². The lowest BCUT2D eigenvalue weighted by Gasteiger charge is -2.19. The molecule has 0 aliphatic heterocycles. The van der Waals surface area contributed by atoms with E-state index in [1.54, 1.807) is 13.3 Å². The molecule has 1 aromatic heterocycles. The lowest BCUT2D eigenvalue weighted by Crippen LogP contribution is -2.50. The van der Waals surface area contributed by atoms with Gasteiger partial charge in [-0.25, -0.2) is 4.79 Å². The number of aliphatic carboxylic acids is 1. The molecule has 0 spiro atoms. The first-order valence-corrected chi connectivity index (χ1v) is 12.2. The maximum atomic E-state index is 12.3. The molecule has 0 saturated carbocycles. The van der Waals surface area contributed by atoms with Crippen LogP contribution < -0.4 is 32.2 Å². The second-order valence-electron chi connectivity index (χ2n) is 8.78. The number of carbonyl (C=O) groups excluding carboxylic acids is 2. The highest BCUT2D eigenvalue weighted by atomic mass is 79.9. The second-order valence-corrected chi connectivity index (χ2v) is 8.78. The first-order valence-electron chi connectivity index (χ1n) is 12.2. The van der Waals surface area contributed by atoms with Crippen LogP contribution in [0.4, 0.5) is 5.69 Å². The number of hydrogen-bond acceptors (Lipinski definition) is 8. The Morgan fingerprint density at radius 3 is 2.46 bits per heavy atom. The number of halogens is 3. The van der Waals surface area contributed by atoms with Crippen molar-refractivity contribution in [2.24, 2.45) is 11.5 Å². The van der Waals surface area contributed by atoms with E-state index in [1.165, 1.54) is 0 Å². The van der Waals surface area contributed by atoms with Gasteiger partial charge in [-0.05, 0) is 51.3 Å². The van der Waals surface area contributed by atoms with E-state index in [0.29, 0.717) is 32.4 Å². The minimum absolute atomic E-state index is 0. The predicted molar refractivity (Wildman–Crippen MR) is 170 cm³/mol. The number of carbonyl (C=O) groups is 3. The molecule has 0 bridgehead atoms. The number of hydrogen-bond donors (Lipinski definition) is 6. The van der Waals surface area contributed by atoms with Gasteiger partial charge in [0, 0.05) is 30.2 Å². The number of anilines is 1. The Balaban J connectivity index is 0. The lowest BCUT2D eigenvalue weighted by molar-refractivity contribution is -0.143. The van der Waals surface area contributed by atoms with Crippen LogP contribution >= 0.6 is 50.9 Å². The number of aromatic nitrogens is 1. The fourth-order valence-corrected chi connectivity index (χ4v) is 3.74. The second kappa shape index (κ2) is 20.8. The van der Waals surface area contributed by atoms with Gasteiger partial charge in [0.25, 0.3) is 0 Å². The average molecular weight is 745 g/mol. The van der Waals surface area contributed by atoms with Gasteiger partial charge in [0.15, 0.2) is 0 Å². The third kappa shape index (κ3) is 13.8. The van der Waals surface area contributed by atoms with E-state index in [2.05, 4.69) is 20.9 Å². The monoisotopic (exact) mass is 742 g/mol. The lowest BCUT2D eigenvalue weighted by atomic mass is 10.1. The number of amides is 2. The molecule has 0 aliphatic carbocycles. The number of nitrogens with one attached hydrogen (secondary N) is 3. The molecule has 39 heavy (non-hydrogen) atoms. The van der Waals surface area contributed by atoms with E-state index < -0.39 is 29.9 Å². The molecule has 1 unspecified atom stereocenters. The molecular weight excluding hydrogens is 704 g/mol. The van der Waals surface area contributed by atoms with Crippen molar-refractivity contribution in [1.82, 2.24) is 15.6 Å². The standard InChI is InChI=1S/C25H38N6O5.3BrH/c1-16(30-20-14-18(36-2)13-17-8-6-12-29-23(17)20)7-5-11-28-22(32)15-21(25(34)35)31-24(33)19(27)9-3-4-10-26;;;/h6,8,12-14,16,19,21,30H,3-5,7,9-11,15,26-27H2,1-2H3,(H,28,32)(H,31,33)(H,34,35);3*1H/t16?,19-,21+;;;/m0.../s1. The third-order valence-corrected chi connectivity index (χ3v) is 5.76. The van der Waals surface area contributed by atoms with E-state index in [9.17, 15) is 19.5 Å². The van der Waals surface area contributed by atoms with Gasteiger partial charge in [0.1, 0.15) is 11.8 Å². The summed E-state index contributed by atoms with van der Waals surface area (Å²) in [7, 11) is 1.62. The van der Waals surface area contributed by atoms with Gasteiger partial charge < -0.3 is 37.3 Å². The van der Waals surface area contributed by atoms with Crippen LogP contribution in [0.2, 0.25) is 0 Å². The molecule has 2 rings (SSSR count). The number of unbranched alkanes of at least 4 members (excludes halogenated alkanes) is 1. The molecule has 14 heteroatoms. The highest BCUT2D eigenvalue weighted by Crippen LogP contribution is 2.28. The highest BCUT2D eigenvalue weighted by Gasteiger charge is 2.25. The summed E-state index contributed by atoms with van der Waals surface area (Å²) in [5.74, 6) is -1.60. The summed E-state index contributed by atoms with van der Waals surface area (Å²) in [5.41, 5.74) is 12.9. The van der Waals surface area contributed by atoms with E-state index in [4.69, 9.17) is 16.2 Å². The molecule has 0 saturated heterocycles. The van der Waals surface area contributed by atoms with Gasteiger partial charge >= 0.3 is 5.97 Å². The SMILES string of the molecule is Br.Br.Br.COc1cc(NC(C)CCCNC(=O)C[C@@H](NC(=O)[C@@H](N)CCCCN)C(=O)O)c2ncccc2c1. The number of fused-ring (bicyclic) bond motifs is 1. The Kier molecular flexibility index (Phi) is 20.9. The molecule has 2 amide bonds. The van der Waals surface area contributed by atoms with Crippen LogP contribution in [0.1, 0.15) is 45.4 Å². The van der Waals surface area contributed by atoms with Crippen molar-refractivity contribution in [2.75, 3.05) is 25.5 Å². The number of rotatable bonds is 16. The topological polar surface area (TPSA) is 182 Å². The van der Waals surface area contributed by atoms with Crippen molar-refractivity contribution in [1.29, 1.82) is 0 Å². The van der Waals surface area contributed by atoms with Gasteiger partial charge in [-0.15, -0.1) is 50.9 Å². The molecule has 222 valence electrons. The summed E-state index contributed by atoms with van der Waals surface area (Å²) >= 11 is 0. The number of carboxylic acids is 1. The van der Waals surface area contributed by atoms with Crippen LogP contribution in [-0.2, 0) is 14.4 Å².